The van der Waals surface area contributed by atoms with Gasteiger partial charge >= 0.3 is 49.6 Å². The van der Waals surface area contributed by atoms with Gasteiger partial charge < -0.3 is 49.3 Å². The molecule has 0 atom stereocenters. The molecule has 0 heterocycles. The average molecular weight is 423 g/mol. The first-order valence-corrected chi connectivity index (χ1v) is 15.2. The van der Waals surface area contributed by atoms with Crippen molar-refractivity contribution in [1.29, 1.82) is 0 Å². The number of halogens is 4. The predicted octanol–water partition coefficient (Wildman–Crippen LogP) is -5.05. The van der Waals surface area contributed by atoms with Crippen molar-refractivity contribution in [1.82, 2.24) is 0 Å². The van der Waals surface area contributed by atoms with Gasteiger partial charge in [-0.3, -0.25) is 0 Å². The summed E-state index contributed by atoms with van der Waals surface area (Å²) in [6.07, 6.45) is 0. The predicted molar refractivity (Wildman–Crippen MR) is 61.7 cm³/mol. The summed E-state index contributed by atoms with van der Waals surface area (Å²) in [6, 6.07) is 0. The Kier molecular flexibility index (Phi) is 354. The van der Waals surface area contributed by atoms with Crippen LogP contribution in [0.4, 0.5) is 0 Å². The van der Waals surface area contributed by atoms with Crippen molar-refractivity contribution in [3.8, 4) is 0 Å². The first-order chi connectivity index (χ1) is 2.00. The molecule has 9 nitrogen and oxygen atoms in total. The molecule has 0 aromatic carbocycles. The van der Waals surface area contributed by atoms with Crippen molar-refractivity contribution in [2.24, 2.45) is 0 Å². The molecule has 14 heavy (non-hydrogen) atoms. The molecule has 0 radical (unpaired) electrons. The normalized spacial score (nSPS) is 4.29. The van der Waals surface area contributed by atoms with Gasteiger partial charge in [0.1, 0.15) is 0 Å². The minimum absolute atomic E-state index is 0. The zero-order valence-electron chi connectivity index (χ0n) is 6.51. The topological polar surface area (TPSA) is 284 Å². The summed E-state index contributed by atoms with van der Waals surface area (Å²) < 4.78 is 0. The van der Waals surface area contributed by atoms with Crippen LogP contribution in [0.2, 0.25) is 0 Å². The van der Waals surface area contributed by atoms with E-state index >= 15 is 0 Å². The van der Waals surface area contributed by atoms with E-state index < -0.39 is 13.9 Å². The molecule has 0 unspecified atom stereocenters. The fourth-order valence-corrected chi connectivity index (χ4v) is 0. The van der Waals surface area contributed by atoms with Crippen LogP contribution >= 0.6 is 35.7 Å². The first-order valence-electron chi connectivity index (χ1n) is 0.756. The monoisotopic (exact) mass is 422 g/mol. The van der Waals surface area contributed by atoms with E-state index in [1.54, 1.807) is 0 Å². The van der Waals surface area contributed by atoms with Gasteiger partial charge in [-0.05, 0) is 0 Å². The number of hydrogen-bond donors (Lipinski definition) is 0. The fourth-order valence-electron chi connectivity index (χ4n) is 0. The molecule has 18 N–H and O–H groups in total. The summed E-state index contributed by atoms with van der Waals surface area (Å²) in [5.74, 6) is 0. The van der Waals surface area contributed by atoms with E-state index in [9.17, 15) is 0 Å². The van der Waals surface area contributed by atoms with Crippen molar-refractivity contribution in [2.45, 2.75) is 0 Å². The van der Waals surface area contributed by atoms with Crippen molar-refractivity contribution in [2.75, 3.05) is 0 Å². The first kappa shape index (κ1) is 106. The van der Waals surface area contributed by atoms with Gasteiger partial charge in [-0.2, -0.15) is 0 Å². The van der Waals surface area contributed by atoms with E-state index in [2.05, 4.69) is 0 Å². The Hall–Kier alpha value is 1.60. The van der Waals surface area contributed by atoms with E-state index in [0.29, 0.717) is 0 Å². The van der Waals surface area contributed by atoms with Gasteiger partial charge in [-0.1, -0.05) is 0 Å². The van der Waals surface area contributed by atoms with Gasteiger partial charge in [0.05, 0.1) is 0 Å². The molecule has 0 saturated carbocycles. The van der Waals surface area contributed by atoms with Crippen molar-refractivity contribution < 1.29 is 49.3 Å². The van der Waals surface area contributed by atoms with Crippen LogP contribution in [0.1, 0.15) is 0 Å². The van der Waals surface area contributed by atoms with Crippen LogP contribution in [0, 0.1) is 0 Å². The zero-order valence-corrected chi connectivity index (χ0v) is 12.4. The average Bonchev–Trinajstić information content (AvgIpc) is 0.722. The van der Waals surface area contributed by atoms with Crippen LogP contribution < -0.4 is 0 Å². The number of rotatable bonds is 0. The molecular weight excluding hydrogens is 405 g/mol. The summed E-state index contributed by atoms with van der Waals surface area (Å²) in [7, 11) is 20.1. The molecule has 0 aliphatic heterocycles. The van der Waals surface area contributed by atoms with Gasteiger partial charge in [0.15, 0.2) is 0 Å². The molecule has 104 valence electrons. The van der Waals surface area contributed by atoms with Gasteiger partial charge in [-0.15, -0.1) is 0 Å². The third kappa shape index (κ3) is 845. The van der Waals surface area contributed by atoms with E-state index in [1.807, 2.05) is 0 Å². The van der Waals surface area contributed by atoms with Crippen LogP contribution in [0.5, 0.6) is 0 Å². The minimum atomic E-state index is -3.29. The Morgan fingerprint density at radius 3 is 0.357 bits per heavy atom. The van der Waals surface area contributed by atoms with Crippen LogP contribution in [0.3, 0.4) is 0 Å². The second kappa shape index (κ2) is 46.8. The van der Waals surface area contributed by atoms with Crippen molar-refractivity contribution in [3.63, 3.8) is 0 Å². The molecule has 0 aliphatic carbocycles. The van der Waals surface area contributed by atoms with Crippen molar-refractivity contribution in [3.05, 3.63) is 0 Å². The molecule has 0 rings (SSSR count). The molecule has 0 aliphatic rings. The maximum atomic E-state index is 5.04. The van der Waals surface area contributed by atoms with E-state index in [1.165, 1.54) is 0 Å². The SMILES string of the molecule is O.O.O.O.O.O.O.O.O.[Cl][Sn]([Cl])([Cl])[Cl]. The quantitative estimate of drug-likeness (QED) is 0.331. The van der Waals surface area contributed by atoms with E-state index in [0.717, 1.165) is 0 Å². The second-order valence-corrected chi connectivity index (χ2v) is 25.9. The van der Waals surface area contributed by atoms with Crippen LogP contribution in [0.15, 0.2) is 0 Å². The van der Waals surface area contributed by atoms with Gasteiger partial charge in [-0.25, -0.2) is 0 Å². The van der Waals surface area contributed by atoms with Gasteiger partial charge in [0.25, 0.3) is 0 Å². The summed E-state index contributed by atoms with van der Waals surface area (Å²) in [5, 5.41) is 0. The van der Waals surface area contributed by atoms with Crippen LogP contribution in [0.25, 0.3) is 0 Å². The molecule has 0 amide bonds. The molecule has 0 fully saturated rings. The third-order valence-corrected chi connectivity index (χ3v) is 0. The standard InChI is InChI=1S/4ClH.9H2O.Sn/h4*1H;9*1H2;/q;;;;;;;;;;;;;+4/p-4. The fraction of sp³-hybridized carbons (Fsp3) is 0. The second-order valence-electron chi connectivity index (χ2n) is 0.429. The van der Waals surface area contributed by atoms with E-state index in [4.69, 9.17) is 35.7 Å². The Labute approximate surface area is 98.4 Å². The Bertz CT molecular complexity index is 32.3. The molecular formula is H18Cl4O9Sn. The summed E-state index contributed by atoms with van der Waals surface area (Å²) in [5.41, 5.74) is 0. The molecule has 0 aromatic heterocycles. The third-order valence-electron chi connectivity index (χ3n) is 0. The zero-order chi connectivity index (χ0) is 4.50. The van der Waals surface area contributed by atoms with Gasteiger partial charge in [0.2, 0.25) is 0 Å². The van der Waals surface area contributed by atoms with E-state index in [-0.39, 0.29) is 49.3 Å². The maximum absolute atomic E-state index is 5.04. The van der Waals surface area contributed by atoms with Crippen molar-refractivity contribution >= 4 is 49.6 Å². The van der Waals surface area contributed by atoms with Crippen LogP contribution in [-0.2, 0) is 0 Å². The number of hydrogen-bond acceptors (Lipinski definition) is 0. The summed E-state index contributed by atoms with van der Waals surface area (Å²) in [4.78, 5) is 0. The van der Waals surface area contributed by atoms with Crippen LogP contribution in [-0.4, -0.2) is 63.2 Å². The Morgan fingerprint density at radius 1 is 0.357 bits per heavy atom. The summed E-state index contributed by atoms with van der Waals surface area (Å²) in [6.45, 7) is 0. The Balaban J connectivity index is -0.00000000222. The summed E-state index contributed by atoms with van der Waals surface area (Å²) >= 11 is -3.29. The molecule has 14 heteroatoms. The molecule has 0 spiro atoms. The molecule has 0 bridgehead atoms. The van der Waals surface area contributed by atoms with Gasteiger partial charge in [0, 0.05) is 0 Å². The Morgan fingerprint density at radius 2 is 0.357 bits per heavy atom. The molecule has 0 saturated heterocycles. The molecule has 0 aromatic rings.